The van der Waals surface area contributed by atoms with Gasteiger partial charge in [-0.1, -0.05) is 24.6 Å². The van der Waals surface area contributed by atoms with Crippen molar-refractivity contribution in [1.29, 1.82) is 10.5 Å². The standard InChI is InChI=1S/C15H11ClN4O/c1-2-8-5-9(16)3-4-10(8)13-11(6-17)14(19)20-15(21)12(13)7-18/h3-5H,2H2,1H3,(H3,19,20,21). The number of hydrogen-bond donors (Lipinski definition) is 2. The quantitative estimate of drug-likeness (QED) is 0.888. The minimum Gasteiger partial charge on any atom is -0.384 e. The lowest BCUT2D eigenvalue weighted by Crippen LogP contribution is -2.16. The van der Waals surface area contributed by atoms with E-state index in [2.05, 4.69) is 4.98 Å². The Morgan fingerprint density at radius 2 is 1.95 bits per heavy atom. The van der Waals surface area contributed by atoms with Crippen LogP contribution in [-0.4, -0.2) is 4.98 Å². The summed E-state index contributed by atoms with van der Waals surface area (Å²) in [5.41, 5.74) is 6.76. The number of halogens is 1. The summed E-state index contributed by atoms with van der Waals surface area (Å²) < 4.78 is 0. The first kappa shape index (κ1) is 14.6. The fourth-order valence-electron chi connectivity index (χ4n) is 2.21. The van der Waals surface area contributed by atoms with Gasteiger partial charge in [-0.25, -0.2) is 0 Å². The van der Waals surface area contributed by atoms with Crippen LogP contribution in [0.25, 0.3) is 11.1 Å². The van der Waals surface area contributed by atoms with Crippen molar-refractivity contribution in [2.45, 2.75) is 13.3 Å². The van der Waals surface area contributed by atoms with Gasteiger partial charge in [-0.2, -0.15) is 10.5 Å². The Balaban J connectivity index is 2.97. The summed E-state index contributed by atoms with van der Waals surface area (Å²) in [6.45, 7) is 1.92. The first-order valence-corrected chi connectivity index (χ1v) is 6.56. The van der Waals surface area contributed by atoms with E-state index in [0.29, 0.717) is 17.0 Å². The Bertz CT molecular complexity index is 856. The maximum absolute atomic E-state index is 11.9. The average molecular weight is 299 g/mol. The van der Waals surface area contributed by atoms with Gasteiger partial charge in [0.05, 0.1) is 0 Å². The minimum atomic E-state index is -0.610. The Kier molecular flexibility index (Phi) is 3.98. The topological polar surface area (TPSA) is 106 Å². The molecule has 1 aromatic heterocycles. The average Bonchev–Trinajstić information content (AvgIpc) is 2.46. The number of hydrogen-bond acceptors (Lipinski definition) is 4. The van der Waals surface area contributed by atoms with Crippen LogP contribution >= 0.6 is 11.6 Å². The number of nitrogens with zero attached hydrogens (tertiary/aromatic N) is 2. The van der Waals surface area contributed by atoms with Crippen molar-refractivity contribution >= 4 is 17.4 Å². The second kappa shape index (κ2) is 5.70. The molecule has 0 spiro atoms. The number of benzene rings is 1. The number of anilines is 1. The van der Waals surface area contributed by atoms with E-state index >= 15 is 0 Å². The van der Waals surface area contributed by atoms with Crippen LogP contribution in [0.3, 0.4) is 0 Å². The highest BCUT2D eigenvalue weighted by molar-refractivity contribution is 6.30. The molecule has 0 saturated carbocycles. The van der Waals surface area contributed by atoms with E-state index in [1.54, 1.807) is 18.2 Å². The van der Waals surface area contributed by atoms with E-state index in [-0.39, 0.29) is 22.5 Å². The van der Waals surface area contributed by atoms with Gasteiger partial charge in [0.1, 0.15) is 29.1 Å². The predicted octanol–water partition coefficient (Wildman–Crippen LogP) is 2.58. The largest absolute Gasteiger partial charge is 0.384 e. The molecule has 2 rings (SSSR count). The Morgan fingerprint density at radius 3 is 2.52 bits per heavy atom. The van der Waals surface area contributed by atoms with Crippen molar-refractivity contribution in [3.05, 3.63) is 50.3 Å². The van der Waals surface area contributed by atoms with Crippen molar-refractivity contribution in [2.75, 3.05) is 5.73 Å². The van der Waals surface area contributed by atoms with Gasteiger partial charge in [0.15, 0.2) is 0 Å². The van der Waals surface area contributed by atoms with Crippen LogP contribution in [0.4, 0.5) is 5.82 Å². The Labute approximate surface area is 126 Å². The number of nitrogens with two attached hydrogens (primary N) is 1. The van der Waals surface area contributed by atoms with E-state index in [0.717, 1.165) is 5.56 Å². The molecule has 21 heavy (non-hydrogen) atoms. The third-order valence-electron chi connectivity index (χ3n) is 3.19. The smallest absolute Gasteiger partial charge is 0.268 e. The predicted molar refractivity (Wildman–Crippen MR) is 80.7 cm³/mol. The Hall–Kier alpha value is -2.76. The van der Waals surface area contributed by atoms with Crippen LogP contribution in [0.5, 0.6) is 0 Å². The summed E-state index contributed by atoms with van der Waals surface area (Å²) >= 11 is 5.97. The maximum atomic E-state index is 11.9. The summed E-state index contributed by atoms with van der Waals surface area (Å²) in [4.78, 5) is 14.2. The molecule has 5 nitrogen and oxygen atoms in total. The first-order chi connectivity index (χ1) is 10.0. The number of pyridine rings is 1. The van der Waals surface area contributed by atoms with E-state index in [1.165, 1.54) is 0 Å². The van der Waals surface area contributed by atoms with Crippen LogP contribution < -0.4 is 11.3 Å². The molecule has 0 saturated heterocycles. The van der Waals surface area contributed by atoms with Crippen molar-refractivity contribution in [3.8, 4) is 23.3 Å². The maximum Gasteiger partial charge on any atom is 0.268 e. The lowest BCUT2D eigenvalue weighted by Gasteiger charge is -2.12. The summed E-state index contributed by atoms with van der Waals surface area (Å²) in [5.74, 6) is -0.0477. The molecule has 0 radical (unpaired) electrons. The van der Waals surface area contributed by atoms with Crippen LogP contribution in [-0.2, 0) is 6.42 Å². The molecule has 1 heterocycles. The molecule has 1 aromatic carbocycles. The first-order valence-electron chi connectivity index (χ1n) is 6.18. The molecule has 2 aromatic rings. The molecule has 0 aliphatic heterocycles. The number of aromatic nitrogens is 1. The number of nitrogen functional groups attached to an aromatic ring is 1. The highest BCUT2D eigenvalue weighted by Gasteiger charge is 2.19. The summed E-state index contributed by atoms with van der Waals surface area (Å²) in [5, 5.41) is 19.1. The van der Waals surface area contributed by atoms with E-state index < -0.39 is 5.56 Å². The van der Waals surface area contributed by atoms with Gasteiger partial charge >= 0.3 is 0 Å². The van der Waals surface area contributed by atoms with Gasteiger partial charge in [0, 0.05) is 10.6 Å². The van der Waals surface area contributed by atoms with E-state index in [4.69, 9.17) is 17.3 Å². The second-order valence-corrected chi connectivity index (χ2v) is 4.81. The number of aromatic amines is 1. The number of nitriles is 2. The van der Waals surface area contributed by atoms with Crippen LogP contribution in [0.2, 0.25) is 5.02 Å². The third-order valence-corrected chi connectivity index (χ3v) is 3.42. The van der Waals surface area contributed by atoms with Crippen molar-refractivity contribution in [3.63, 3.8) is 0 Å². The van der Waals surface area contributed by atoms with Gasteiger partial charge in [-0.05, 0) is 29.7 Å². The summed E-state index contributed by atoms with van der Waals surface area (Å²) in [6, 6.07) is 8.88. The monoisotopic (exact) mass is 298 g/mol. The normalized spacial score (nSPS) is 9.90. The highest BCUT2D eigenvalue weighted by atomic mass is 35.5. The van der Waals surface area contributed by atoms with Gasteiger partial charge in [0.2, 0.25) is 0 Å². The number of rotatable bonds is 2. The minimum absolute atomic E-state index is 0.0477. The molecule has 0 aliphatic carbocycles. The molecule has 0 fully saturated rings. The molecule has 3 N–H and O–H groups in total. The van der Waals surface area contributed by atoms with Crippen molar-refractivity contribution < 1.29 is 0 Å². The Morgan fingerprint density at radius 1 is 1.29 bits per heavy atom. The molecule has 0 unspecified atom stereocenters. The lowest BCUT2D eigenvalue weighted by atomic mass is 9.92. The number of aryl methyl sites for hydroxylation is 1. The van der Waals surface area contributed by atoms with E-state index in [1.807, 2.05) is 19.1 Å². The van der Waals surface area contributed by atoms with Crippen LogP contribution in [0, 0.1) is 22.7 Å². The summed E-state index contributed by atoms with van der Waals surface area (Å²) in [6.07, 6.45) is 0.637. The van der Waals surface area contributed by atoms with Gasteiger partial charge < -0.3 is 10.7 Å². The van der Waals surface area contributed by atoms with Crippen molar-refractivity contribution in [2.24, 2.45) is 0 Å². The van der Waals surface area contributed by atoms with Gasteiger partial charge in [-0.3, -0.25) is 4.79 Å². The molecular formula is C15H11ClN4O. The zero-order valence-electron chi connectivity index (χ0n) is 11.2. The van der Waals surface area contributed by atoms with Gasteiger partial charge in [0.25, 0.3) is 5.56 Å². The van der Waals surface area contributed by atoms with Crippen LogP contribution in [0.15, 0.2) is 23.0 Å². The van der Waals surface area contributed by atoms with Crippen molar-refractivity contribution in [1.82, 2.24) is 4.98 Å². The molecule has 0 aliphatic rings. The third kappa shape index (κ3) is 2.47. The zero-order chi connectivity index (χ0) is 15.6. The molecular weight excluding hydrogens is 288 g/mol. The number of nitrogens with one attached hydrogen (secondary N) is 1. The van der Waals surface area contributed by atoms with Gasteiger partial charge in [-0.15, -0.1) is 0 Å². The van der Waals surface area contributed by atoms with E-state index in [9.17, 15) is 15.3 Å². The SMILES string of the molecule is CCc1cc(Cl)ccc1-c1c(C#N)c(N)[nH]c(=O)c1C#N. The molecule has 0 amide bonds. The molecule has 0 atom stereocenters. The molecule has 104 valence electrons. The highest BCUT2D eigenvalue weighted by Crippen LogP contribution is 2.32. The summed E-state index contributed by atoms with van der Waals surface area (Å²) in [7, 11) is 0. The lowest BCUT2D eigenvalue weighted by molar-refractivity contribution is 1.14. The van der Waals surface area contributed by atoms with Crippen LogP contribution in [0.1, 0.15) is 23.6 Å². The zero-order valence-corrected chi connectivity index (χ0v) is 12.0. The fraction of sp³-hybridized carbons (Fsp3) is 0.133. The second-order valence-electron chi connectivity index (χ2n) is 4.37. The molecule has 6 heteroatoms. The fourth-order valence-corrected chi connectivity index (χ4v) is 2.41. The molecule has 0 bridgehead atoms. The number of H-pyrrole nitrogens is 1.